The molecule has 0 unspecified atom stereocenters. The molecule has 0 radical (unpaired) electrons. The van der Waals surface area contributed by atoms with Gasteiger partial charge < -0.3 is 10.3 Å². The van der Waals surface area contributed by atoms with Gasteiger partial charge in [0.05, 0.1) is 12.0 Å². The van der Waals surface area contributed by atoms with E-state index in [-0.39, 0.29) is 6.04 Å². The van der Waals surface area contributed by atoms with E-state index in [0.29, 0.717) is 0 Å². The van der Waals surface area contributed by atoms with Crippen molar-refractivity contribution in [1.29, 1.82) is 0 Å². The van der Waals surface area contributed by atoms with E-state index in [2.05, 4.69) is 23.4 Å². The fourth-order valence-electron chi connectivity index (χ4n) is 2.09. The number of aryl methyl sites for hydroxylation is 1. The lowest BCUT2D eigenvalue weighted by Crippen LogP contribution is -2.11. The molecule has 0 spiro atoms. The topological polar surface area (TPSA) is 43.8 Å². The summed E-state index contributed by atoms with van der Waals surface area (Å²) in [5.74, 6) is 0.841. The minimum atomic E-state index is 0.0819. The van der Waals surface area contributed by atoms with Gasteiger partial charge in [-0.05, 0) is 19.3 Å². The number of nitrogens with zero attached hydrogens (tertiary/aromatic N) is 2. The molecule has 1 atom stereocenters. The zero-order chi connectivity index (χ0) is 12.7. The molecule has 1 aromatic heterocycles. The Morgan fingerprint density at radius 3 is 2.53 bits per heavy atom. The summed E-state index contributed by atoms with van der Waals surface area (Å²) in [5, 5.41) is 0. The van der Waals surface area contributed by atoms with Crippen molar-refractivity contribution in [3.63, 3.8) is 0 Å². The zero-order valence-corrected chi connectivity index (χ0v) is 11.5. The molecular weight excluding hydrogens is 210 g/mol. The van der Waals surface area contributed by atoms with Gasteiger partial charge in [0.1, 0.15) is 0 Å². The summed E-state index contributed by atoms with van der Waals surface area (Å²) in [4.78, 5) is 4.16. The van der Waals surface area contributed by atoms with Crippen molar-refractivity contribution in [3.05, 3.63) is 18.2 Å². The van der Waals surface area contributed by atoms with E-state index in [4.69, 9.17) is 5.73 Å². The van der Waals surface area contributed by atoms with Crippen LogP contribution >= 0.6 is 0 Å². The van der Waals surface area contributed by atoms with E-state index in [0.717, 1.165) is 18.2 Å². The molecule has 17 heavy (non-hydrogen) atoms. The van der Waals surface area contributed by atoms with Crippen molar-refractivity contribution >= 4 is 0 Å². The second kappa shape index (κ2) is 7.49. The van der Waals surface area contributed by atoms with Gasteiger partial charge in [-0.15, -0.1) is 0 Å². The lowest BCUT2D eigenvalue weighted by atomic mass is 10.0. The minimum Gasteiger partial charge on any atom is -0.333 e. The second-order valence-electron chi connectivity index (χ2n) is 5.40. The Morgan fingerprint density at radius 2 is 1.88 bits per heavy atom. The van der Waals surface area contributed by atoms with Crippen molar-refractivity contribution < 1.29 is 0 Å². The van der Waals surface area contributed by atoms with Crippen LogP contribution in [-0.4, -0.2) is 9.55 Å². The van der Waals surface area contributed by atoms with Crippen molar-refractivity contribution in [2.75, 3.05) is 0 Å². The predicted octanol–water partition coefficient (Wildman–Crippen LogP) is 3.51. The van der Waals surface area contributed by atoms with Crippen LogP contribution in [0.5, 0.6) is 0 Å². The Morgan fingerprint density at radius 1 is 1.18 bits per heavy atom. The predicted molar refractivity (Wildman–Crippen MR) is 72.8 cm³/mol. The molecule has 0 aliphatic rings. The average Bonchev–Trinajstić information content (AvgIpc) is 2.71. The van der Waals surface area contributed by atoms with Crippen LogP contribution in [0.4, 0.5) is 0 Å². The fourth-order valence-corrected chi connectivity index (χ4v) is 2.09. The Balaban J connectivity index is 2.16. The van der Waals surface area contributed by atoms with Crippen LogP contribution < -0.4 is 5.73 Å². The summed E-state index contributed by atoms with van der Waals surface area (Å²) in [6.07, 6.45) is 10.4. The zero-order valence-electron chi connectivity index (χ0n) is 11.5. The highest BCUT2D eigenvalue weighted by Gasteiger charge is 2.05. The smallest absolute Gasteiger partial charge is 0.0948 e. The maximum absolute atomic E-state index is 5.88. The summed E-state index contributed by atoms with van der Waals surface area (Å²) in [5.41, 5.74) is 7.03. The highest BCUT2D eigenvalue weighted by molar-refractivity contribution is 5.02. The van der Waals surface area contributed by atoms with Gasteiger partial charge in [-0.2, -0.15) is 0 Å². The van der Waals surface area contributed by atoms with Crippen LogP contribution in [0.1, 0.15) is 64.6 Å². The van der Waals surface area contributed by atoms with E-state index in [1.165, 1.54) is 32.1 Å². The molecular formula is C14H27N3. The molecule has 0 bridgehead atoms. The Labute approximate surface area is 105 Å². The van der Waals surface area contributed by atoms with Crippen LogP contribution in [-0.2, 0) is 6.54 Å². The van der Waals surface area contributed by atoms with Gasteiger partial charge in [-0.3, -0.25) is 0 Å². The van der Waals surface area contributed by atoms with Gasteiger partial charge in [0.15, 0.2) is 0 Å². The molecule has 0 saturated heterocycles. The van der Waals surface area contributed by atoms with Crippen LogP contribution in [0.3, 0.4) is 0 Å². The number of imidazole rings is 1. The van der Waals surface area contributed by atoms with Crippen LogP contribution in [0.15, 0.2) is 12.5 Å². The molecule has 0 aromatic carbocycles. The van der Waals surface area contributed by atoms with Gasteiger partial charge in [0.25, 0.3) is 0 Å². The first-order chi connectivity index (χ1) is 8.11. The quantitative estimate of drug-likeness (QED) is 0.703. The molecule has 1 heterocycles. The van der Waals surface area contributed by atoms with Gasteiger partial charge in [0.2, 0.25) is 0 Å². The van der Waals surface area contributed by atoms with Gasteiger partial charge >= 0.3 is 0 Å². The maximum atomic E-state index is 5.88. The third-order valence-electron chi connectivity index (χ3n) is 3.14. The van der Waals surface area contributed by atoms with Crippen LogP contribution in [0, 0.1) is 5.92 Å². The molecule has 0 saturated carbocycles. The summed E-state index contributed by atoms with van der Waals surface area (Å²) < 4.78 is 2.19. The SMILES string of the molecule is CC(C)CCCCCCn1cncc1[C@H](C)N. The Kier molecular flexibility index (Phi) is 6.27. The third-order valence-corrected chi connectivity index (χ3v) is 3.14. The van der Waals surface area contributed by atoms with E-state index in [9.17, 15) is 0 Å². The highest BCUT2D eigenvalue weighted by Crippen LogP contribution is 2.12. The summed E-state index contributed by atoms with van der Waals surface area (Å²) in [7, 11) is 0. The largest absolute Gasteiger partial charge is 0.333 e. The average molecular weight is 237 g/mol. The number of hydrogen-bond donors (Lipinski definition) is 1. The molecule has 98 valence electrons. The van der Waals surface area contributed by atoms with Gasteiger partial charge in [-0.25, -0.2) is 4.98 Å². The molecule has 0 aliphatic carbocycles. The van der Waals surface area contributed by atoms with Crippen LogP contribution in [0.2, 0.25) is 0 Å². The summed E-state index contributed by atoms with van der Waals surface area (Å²) >= 11 is 0. The van der Waals surface area contributed by atoms with Crippen molar-refractivity contribution in [2.45, 2.75) is 65.5 Å². The first-order valence-corrected chi connectivity index (χ1v) is 6.87. The molecule has 0 amide bonds. The number of hydrogen-bond acceptors (Lipinski definition) is 2. The minimum absolute atomic E-state index is 0.0819. The highest BCUT2D eigenvalue weighted by atomic mass is 15.1. The molecule has 3 nitrogen and oxygen atoms in total. The first kappa shape index (κ1) is 14.2. The van der Waals surface area contributed by atoms with Crippen LogP contribution in [0.25, 0.3) is 0 Å². The van der Waals surface area contributed by atoms with Gasteiger partial charge in [0, 0.05) is 18.8 Å². The molecule has 3 heteroatoms. The number of unbranched alkanes of at least 4 members (excludes halogenated alkanes) is 3. The second-order valence-corrected chi connectivity index (χ2v) is 5.40. The first-order valence-electron chi connectivity index (χ1n) is 6.87. The maximum Gasteiger partial charge on any atom is 0.0948 e. The molecule has 1 aromatic rings. The number of aromatic nitrogens is 2. The number of rotatable bonds is 8. The molecule has 2 N–H and O–H groups in total. The third kappa shape index (κ3) is 5.35. The molecule has 0 aliphatic heterocycles. The van der Waals surface area contributed by atoms with Gasteiger partial charge in [-0.1, -0.05) is 39.5 Å². The molecule has 0 fully saturated rings. The monoisotopic (exact) mass is 237 g/mol. The lowest BCUT2D eigenvalue weighted by Gasteiger charge is -2.10. The van der Waals surface area contributed by atoms with Crippen molar-refractivity contribution in [2.24, 2.45) is 11.7 Å². The van der Waals surface area contributed by atoms with E-state index < -0.39 is 0 Å². The number of nitrogens with two attached hydrogens (primary N) is 1. The fraction of sp³-hybridized carbons (Fsp3) is 0.786. The van der Waals surface area contributed by atoms with E-state index in [1.807, 2.05) is 19.4 Å². The normalized spacial score (nSPS) is 13.2. The van der Waals surface area contributed by atoms with Crippen molar-refractivity contribution in [3.8, 4) is 0 Å². The summed E-state index contributed by atoms with van der Waals surface area (Å²) in [6, 6.07) is 0.0819. The van der Waals surface area contributed by atoms with E-state index in [1.54, 1.807) is 0 Å². The Hall–Kier alpha value is -0.830. The molecule has 1 rings (SSSR count). The van der Waals surface area contributed by atoms with E-state index >= 15 is 0 Å². The Bertz CT molecular complexity index is 302. The van der Waals surface area contributed by atoms with Crippen molar-refractivity contribution in [1.82, 2.24) is 9.55 Å². The summed E-state index contributed by atoms with van der Waals surface area (Å²) in [6.45, 7) is 7.65. The standard InChI is InChI=1S/C14H27N3/c1-12(2)8-6-4-5-7-9-17-11-16-10-14(17)13(3)15/h10-13H,4-9,15H2,1-3H3/t13-/m0/s1. The lowest BCUT2D eigenvalue weighted by molar-refractivity contribution is 0.500.